The Hall–Kier alpha value is -1.46. The molecule has 1 aromatic rings. The van der Waals surface area contributed by atoms with Gasteiger partial charge in [0.1, 0.15) is 5.82 Å². The first-order chi connectivity index (χ1) is 13.2. The quantitative estimate of drug-likeness (QED) is 0.811. The van der Waals surface area contributed by atoms with Crippen molar-refractivity contribution in [2.24, 2.45) is 5.92 Å². The topological polar surface area (TPSA) is 26.8 Å². The lowest BCUT2D eigenvalue weighted by atomic mass is 9.95. The Kier molecular flexibility index (Phi) is 6.08. The zero-order valence-corrected chi connectivity index (χ0v) is 16.3. The van der Waals surface area contributed by atoms with E-state index in [-0.39, 0.29) is 11.7 Å². The van der Waals surface area contributed by atoms with Crippen molar-refractivity contribution in [2.75, 3.05) is 39.3 Å². The average molecular weight is 374 g/mol. The zero-order valence-electron chi connectivity index (χ0n) is 16.3. The molecule has 2 saturated heterocycles. The van der Waals surface area contributed by atoms with E-state index >= 15 is 0 Å². The number of hydrogen-bond acceptors (Lipinski definition) is 3. The first-order valence-electron chi connectivity index (χ1n) is 10.7. The molecule has 0 bridgehead atoms. The predicted molar refractivity (Wildman–Crippen MR) is 105 cm³/mol. The van der Waals surface area contributed by atoms with Gasteiger partial charge in [0, 0.05) is 45.3 Å². The van der Waals surface area contributed by atoms with Crippen LogP contribution < -0.4 is 0 Å². The van der Waals surface area contributed by atoms with Crippen molar-refractivity contribution in [3.8, 4) is 0 Å². The van der Waals surface area contributed by atoms with E-state index in [1.807, 2.05) is 6.07 Å². The Morgan fingerprint density at radius 3 is 2.52 bits per heavy atom. The van der Waals surface area contributed by atoms with Crippen molar-refractivity contribution in [3.05, 3.63) is 35.6 Å². The molecular formula is C22H32FN3O. The van der Waals surface area contributed by atoms with Crippen molar-refractivity contribution in [2.45, 2.75) is 51.1 Å². The largest absolute Gasteiger partial charge is 0.340 e. The minimum Gasteiger partial charge on any atom is -0.340 e. The fourth-order valence-electron chi connectivity index (χ4n) is 5.13. The molecule has 1 amide bonds. The maximum absolute atomic E-state index is 13.4. The number of halogens is 1. The van der Waals surface area contributed by atoms with Crippen LogP contribution in [0.1, 0.15) is 44.1 Å². The summed E-state index contributed by atoms with van der Waals surface area (Å²) < 4.78 is 13.4. The van der Waals surface area contributed by atoms with Crippen LogP contribution in [0.4, 0.5) is 4.39 Å². The monoisotopic (exact) mass is 373 g/mol. The van der Waals surface area contributed by atoms with Crippen LogP contribution in [0.3, 0.4) is 0 Å². The average Bonchev–Trinajstić information content (AvgIpc) is 3.23. The van der Waals surface area contributed by atoms with Gasteiger partial charge in [-0.15, -0.1) is 0 Å². The highest BCUT2D eigenvalue weighted by Gasteiger charge is 2.32. The minimum atomic E-state index is -0.183. The van der Waals surface area contributed by atoms with Crippen molar-refractivity contribution in [1.82, 2.24) is 14.7 Å². The minimum absolute atomic E-state index is 0.102. The zero-order chi connectivity index (χ0) is 18.6. The van der Waals surface area contributed by atoms with Crippen molar-refractivity contribution >= 4 is 5.91 Å². The molecule has 2 heterocycles. The second-order valence-corrected chi connectivity index (χ2v) is 8.50. The molecule has 0 spiro atoms. The normalized spacial score (nSPS) is 25.8. The maximum Gasteiger partial charge on any atom is 0.227 e. The van der Waals surface area contributed by atoms with Gasteiger partial charge in [-0.2, -0.15) is 0 Å². The van der Waals surface area contributed by atoms with E-state index in [1.165, 1.54) is 31.7 Å². The van der Waals surface area contributed by atoms with E-state index < -0.39 is 0 Å². The lowest BCUT2D eigenvalue weighted by molar-refractivity contribution is -0.139. The summed E-state index contributed by atoms with van der Waals surface area (Å²) in [7, 11) is 0. The molecule has 3 fully saturated rings. The number of carbonyl (C=O) groups is 1. The summed E-state index contributed by atoms with van der Waals surface area (Å²) in [5, 5.41) is 0. The molecule has 1 aliphatic carbocycles. The Balaban J connectivity index is 1.28. The van der Waals surface area contributed by atoms with Gasteiger partial charge in [0.25, 0.3) is 0 Å². The fourth-order valence-corrected chi connectivity index (χ4v) is 5.13. The van der Waals surface area contributed by atoms with Gasteiger partial charge < -0.3 is 4.90 Å². The summed E-state index contributed by atoms with van der Waals surface area (Å²) in [5.74, 6) is 0.257. The standard InChI is InChI=1S/C22H32FN3O/c23-20-7-3-5-18(15-20)16-24-10-4-6-19(17-24)22(27)26-13-11-25(12-14-26)21-8-1-2-9-21/h3,5,7,15,19,21H,1-2,4,6,8-14,16-17H2. The van der Waals surface area contributed by atoms with E-state index in [0.29, 0.717) is 5.91 Å². The van der Waals surface area contributed by atoms with E-state index in [0.717, 1.165) is 70.3 Å². The maximum atomic E-state index is 13.4. The third-order valence-corrected chi connectivity index (χ3v) is 6.62. The second-order valence-electron chi connectivity index (χ2n) is 8.50. The number of hydrogen-bond donors (Lipinski definition) is 0. The molecule has 1 saturated carbocycles. The number of nitrogens with zero attached hydrogens (tertiary/aromatic N) is 3. The van der Waals surface area contributed by atoms with E-state index in [4.69, 9.17) is 0 Å². The Bertz CT molecular complexity index is 638. The number of amides is 1. The van der Waals surface area contributed by atoms with Crippen molar-refractivity contribution in [1.29, 1.82) is 0 Å². The molecule has 1 atom stereocenters. The number of likely N-dealkylation sites (tertiary alicyclic amines) is 1. The van der Waals surface area contributed by atoms with E-state index in [9.17, 15) is 9.18 Å². The predicted octanol–water partition coefficient (Wildman–Crippen LogP) is 3.12. The Morgan fingerprint density at radius 2 is 1.78 bits per heavy atom. The van der Waals surface area contributed by atoms with Crippen LogP contribution in [-0.4, -0.2) is 65.9 Å². The van der Waals surface area contributed by atoms with Gasteiger partial charge in [0.15, 0.2) is 0 Å². The van der Waals surface area contributed by atoms with Crippen LogP contribution in [0.2, 0.25) is 0 Å². The van der Waals surface area contributed by atoms with E-state index in [2.05, 4.69) is 14.7 Å². The van der Waals surface area contributed by atoms with Gasteiger partial charge >= 0.3 is 0 Å². The molecule has 0 N–H and O–H groups in total. The molecule has 1 unspecified atom stereocenters. The number of piperazine rings is 1. The van der Waals surface area contributed by atoms with Crippen LogP contribution in [0.25, 0.3) is 0 Å². The molecule has 0 aromatic heterocycles. The summed E-state index contributed by atoms with van der Waals surface area (Å²) in [6.07, 6.45) is 7.45. The van der Waals surface area contributed by atoms with Crippen LogP contribution >= 0.6 is 0 Å². The SMILES string of the molecule is O=C(C1CCCN(Cc2cccc(F)c2)C1)N1CCN(C2CCCC2)CC1. The number of carbonyl (C=O) groups excluding carboxylic acids is 1. The summed E-state index contributed by atoms with van der Waals surface area (Å²) >= 11 is 0. The van der Waals surface area contributed by atoms with Crippen LogP contribution in [0.15, 0.2) is 24.3 Å². The lowest BCUT2D eigenvalue weighted by Gasteiger charge is -2.40. The van der Waals surface area contributed by atoms with Gasteiger partial charge in [-0.25, -0.2) is 4.39 Å². The van der Waals surface area contributed by atoms with Crippen molar-refractivity contribution < 1.29 is 9.18 Å². The number of rotatable bonds is 4. The summed E-state index contributed by atoms with van der Waals surface area (Å²) in [5.41, 5.74) is 0.994. The summed E-state index contributed by atoms with van der Waals surface area (Å²) in [4.78, 5) is 20.1. The van der Waals surface area contributed by atoms with Crippen LogP contribution in [0.5, 0.6) is 0 Å². The molecule has 4 nitrogen and oxygen atoms in total. The fraction of sp³-hybridized carbons (Fsp3) is 0.682. The first-order valence-corrected chi connectivity index (χ1v) is 10.7. The highest BCUT2D eigenvalue weighted by molar-refractivity contribution is 5.79. The van der Waals surface area contributed by atoms with Crippen molar-refractivity contribution in [3.63, 3.8) is 0 Å². The Labute approximate surface area is 162 Å². The van der Waals surface area contributed by atoms with E-state index in [1.54, 1.807) is 12.1 Å². The van der Waals surface area contributed by atoms with Gasteiger partial charge in [-0.1, -0.05) is 25.0 Å². The third kappa shape index (κ3) is 4.69. The molecular weight excluding hydrogens is 341 g/mol. The molecule has 0 radical (unpaired) electrons. The summed E-state index contributed by atoms with van der Waals surface area (Å²) in [6, 6.07) is 7.58. The van der Waals surface area contributed by atoms with Gasteiger partial charge in [-0.3, -0.25) is 14.6 Å². The third-order valence-electron chi connectivity index (χ3n) is 6.62. The Morgan fingerprint density at radius 1 is 1.00 bits per heavy atom. The highest BCUT2D eigenvalue weighted by atomic mass is 19.1. The van der Waals surface area contributed by atoms with Gasteiger partial charge in [0.05, 0.1) is 5.92 Å². The molecule has 3 aliphatic rings. The van der Waals surface area contributed by atoms with Crippen LogP contribution in [0, 0.1) is 11.7 Å². The van der Waals surface area contributed by atoms with Crippen LogP contribution in [-0.2, 0) is 11.3 Å². The molecule has 1 aromatic carbocycles. The molecule has 27 heavy (non-hydrogen) atoms. The number of piperidine rings is 1. The number of benzene rings is 1. The molecule has 4 rings (SSSR count). The van der Waals surface area contributed by atoms with Gasteiger partial charge in [0.2, 0.25) is 5.91 Å². The summed E-state index contributed by atoms with van der Waals surface area (Å²) in [6.45, 7) is 6.38. The molecule has 5 heteroatoms. The first kappa shape index (κ1) is 18.9. The lowest BCUT2D eigenvalue weighted by Crippen LogP contribution is -2.54. The second kappa shape index (κ2) is 8.70. The molecule has 148 valence electrons. The molecule has 2 aliphatic heterocycles. The van der Waals surface area contributed by atoms with Gasteiger partial charge in [-0.05, 0) is 49.9 Å². The smallest absolute Gasteiger partial charge is 0.227 e. The highest BCUT2D eigenvalue weighted by Crippen LogP contribution is 2.26.